The molecule has 1 aromatic carbocycles. The van der Waals surface area contributed by atoms with Crippen molar-refractivity contribution in [3.63, 3.8) is 0 Å². The number of carbonyl (C=O) groups is 1. The van der Waals surface area contributed by atoms with Crippen molar-refractivity contribution < 1.29 is 9.53 Å². The average molecular weight is 249 g/mol. The summed E-state index contributed by atoms with van der Waals surface area (Å²) in [5, 5.41) is 1.00. The number of benzene rings is 1. The van der Waals surface area contributed by atoms with Gasteiger partial charge in [0.05, 0.1) is 20.8 Å². The number of hydrogen-bond acceptors (Lipinski definition) is 4. The second-order valence-electron chi connectivity index (χ2n) is 4.92. The third-order valence-corrected chi connectivity index (χ3v) is 3.06. The van der Waals surface area contributed by atoms with Crippen LogP contribution in [0.1, 0.15) is 36.1 Å². The molecule has 0 aliphatic rings. The van der Waals surface area contributed by atoms with Crippen LogP contribution in [0.5, 0.6) is 0 Å². The summed E-state index contributed by atoms with van der Waals surface area (Å²) in [7, 11) is 0. The molecule has 2 rings (SSSR count). The summed E-state index contributed by atoms with van der Waals surface area (Å²) in [6.45, 7) is 7.54. The predicted molar refractivity (Wildman–Crippen MR) is 69.5 cm³/mol. The van der Waals surface area contributed by atoms with Crippen molar-refractivity contribution in [1.82, 2.24) is 4.98 Å². The zero-order valence-corrected chi connectivity index (χ0v) is 11.2. The molecule has 0 saturated heterocycles. The molecule has 90 valence electrons. The molecule has 0 saturated carbocycles. The molecule has 2 aromatic rings. The first-order valence-electron chi connectivity index (χ1n) is 5.46. The average Bonchev–Trinajstić information content (AvgIpc) is 2.53. The highest BCUT2D eigenvalue weighted by atomic mass is 32.1. The van der Waals surface area contributed by atoms with Gasteiger partial charge in [-0.05, 0) is 45.9 Å². The van der Waals surface area contributed by atoms with Gasteiger partial charge in [-0.25, -0.2) is 9.78 Å². The Morgan fingerprint density at radius 3 is 2.71 bits per heavy atom. The van der Waals surface area contributed by atoms with Crippen molar-refractivity contribution in [2.24, 2.45) is 0 Å². The molecule has 1 heterocycles. The summed E-state index contributed by atoms with van der Waals surface area (Å²) in [4.78, 5) is 16.2. The van der Waals surface area contributed by atoms with Crippen molar-refractivity contribution in [1.29, 1.82) is 0 Å². The molecule has 0 spiro atoms. The Kier molecular flexibility index (Phi) is 2.91. The molecule has 0 bridgehead atoms. The van der Waals surface area contributed by atoms with Crippen LogP contribution in [0.4, 0.5) is 0 Å². The fourth-order valence-corrected chi connectivity index (χ4v) is 2.37. The van der Waals surface area contributed by atoms with Gasteiger partial charge >= 0.3 is 5.97 Å². The van der Waals surface area contributed by atoms with Crippen LogP contribution < -0.4 is 0 Å². The lowest BCUT2D eigenvalue weighted by Crippen LogP contribution is -2.23. The summed E-state index contributed by atoms with van der Waals surface area (Å²) in [6.07, 6.45) is 0. The standard InChI is InChI=1S/C13H15NO2S/c1-8-14-10-6-5-9(7-11(10)17-8)12(15)16-13(2,3)4/h5-7H,1-4H3. The van der Waals surface area contributed by atoms with E-state index >= 15 is 0 Å². The lowest BCUT2D eigenvalue weighted by molar-refractivity contribution is 0.00698. The quantitative estimate of drug-likeness (QED) is 0.725. The van der Waals surface area contributed by atoms with Crippen LogP contribution in [0.3, 0.4) is 0 Å². The van der Waals surface area contributed by atoms with E-state index in [2.05, 4.69) is 4.98 Å². The number of aryl methyl sites for hydroxylation is 1. The van der Waals surface area contributed by atoms with Gasteiger partial charge in [-0.2, -0.15) is 0 Å². The van der Waals surface area contributed by atoms with Crippen LogP contribution in [0.25, 0.3) is 10.2 Å². The number of nitrogens with zero attached hydrogens (tertiary/aromatic N) is 1. The monoisotopic (exact) mass is 249 g/mol. The van der Waals surface area contributed by atoms with E-state index in [1.54, 1.807) is 17.4 Å². The highest BCUT2D eigenvalue weighted by molar-refractivity contribution is 7.18. The molecule has 1 aromatic heterocycles. The van der Waals surface area contributed by atoms with Crippen LogP contribution in [0.15, 0.2) is 18.2 Å². The van der Waals surface area contributed by atoms with E-state index < -0.39 is 5.60 Å². The van der Waals surface area contributed by atoms with E-state index in [0.29, 0.717) is 5.56 Å². The van der Waals surface area contributed by atoms with Gasteiger partial charge in [-0.1, -0.05) is 0 Å². The Hall–Kier alpha value is -1.42. The van der Waals surface area contributed by atoms with Crippen molar-refractivity contribution >= 4 is 27.5 Å². The smallest absolute Gasteiger partial charge is 0.338 e. The zero-order chi connectivity index (χ0) is 12.6. The van der Waals surface area contributed by atoms with Crippen LogP contribution in [-0.2, 0) is 4.74 Å². The molecular weight excluding hydrogens is 234 g/mol. The molecule has 0 N–H and O–H groups in total. The zero-order valence-electron chi connectivity index (χ0n) is 10.4. The van der Waals surface area contributed by atoms with E-state index in [-0.39, 0.29) is 5.97 Å². The summed E-state index contributed by atoms with van der Waals surface area (Å²) in [5.41, 5.74) is 1.05. The van der Waals surface area contributed by atoms with E-state index in [4.69, 9.17) is 4.74 Å². The minimum absolute atomic E-state index is 0.287. The van der Waals surface area contributed by atoms with E-state index in [1.165, 1.54) is 0 Å². The number of hydrogen-bond donors (Lipinski definition) is 0. The molecule has 4 heteroatoms. The Morgan fingerprint density at radius 2 is 2.06 bits per heavy atom. The first-order chi connectivity index (χ1) is 7.85. The molecule has 17 heavy (non-hydrogen) atoms. The van der Waals surface area contributed by atoms with Crippen LogP contribution in [-0.4, -0.2) is 16.6 Å². The van der Waals surface area contributed by atoms with Crippen LogP contribution in [0.2, 0.25) is 0 Å². The number of ether oxygens (including phenoxy) is 1. The van der Waals surface area contributed by atoms with Gasteiger partial charge in [0.15, 0.2) is 0 Å². The van der Waals surface area contributed by atoms with Gasteiger partial charge in [-0.15, -0.1) is 11.3 Å². The molecular formula is C13H15NO2S. The molecule has 0 atom stereocenters. The van der Waals surface area contributed by atoms with Gasteiger partial charge in [0, 0.05) is 0 Å². The minimum atomic E-state index is -0.463. The first-order valence-corrected chi connectivity index (χ1v) is 6.27. The van der Waals surface area contributed by atoms with Crippen molar-refractivity contribution in [3.05, 3.63) is 28.8 Å². The van der Waals surface area contributed by atoms with Gasteiger partial charge in [0.25, 0.3) is 0 Å². The van der Waals surface area contributed by atoms with E-state index in [1.807, 2.05) is 39.8 Å². The number of thiazole rings is 1. The SMILES string of the molecule is Cc1nc2ccc(C(=O)OC(C)(C)C)cc2s1. The van der Waals surface area contributed by atoms with Crippen molar-refractivity contribution in [3.8, 4) is 0 Å². The minimum Gasteiger partial charge on any atom is -0.456 e. The lowest BCUT2D eigenvalue weighted by Gasteiger charge is -2.19. The topological polar surface area (TPSA) is 39.2 Å². The fraction of sp³-hybridized carbons (Fsp3) is 0.385. The number of carbonyl (C=O) groups excluding carboxylic acids is 1. The first kappa shape index (κ1) is 12.0. The van der Waals surface area contributed by atoms with Crippen molar-refractivity contribution in [2.75, 3.05) is 0 Å². The lowest BCUT2D eigenvalue weighted by atomic mass is 10.1. The number of fused-ring (bicyclic) bond motifs is 1. The maximum absolute atomic E-state index is 11.9. The third kappa shape index (κ3) is 2.82. The maximum Gasteiger partial charge on any atom is 0.338 e. The summed E-state index contributed by atoms with van der Waals surface area (Å²) in [5.74, 6) is -0.287. The maximum atomic E-state index is 11.9. The van der Waals surface area contributed by atoms with E-state index in [9.17, 15) is 4.79 Å². The van der Waals surface area contributed by atoms with E-state index in [0.717, 1.165) is 15.2 Å². The van der Waals surface area contributed by atoms with Crippen molar-refractivity contribution in [2.45, 2.75) is 33.3 Å². The predicted octanol–water partition coefficient (Wildman–Crippen LogP) is 3.56. The summed E-state index contributed by atoms with van der Waals surface area (Å²) >= 11 is 1.58. The van der Waals surface area contributed by atoms with Gasteiger partial charge in [0.2, 0.25) is 0 Å². The fourth-order valence-electron chi connectivity index (χ4n) is 1.50. The van der Waals surface area contributed by atoms with Gasteiger partial charge < -0.3 is 4.74 Å². The Balaban J connectivity index is 2.33. The number of esters is 1. The van der Waals surface area contributed by atoms with Crippen LogP contribution >= 0.6 is 11.3 Å². The molecule has 0 amide bonds. The highest BCUT2D eigenvalue weighted by Crippen LogP contribution is 2.23. The number of aromatic nitrogens is 1. The third-order valence-electron chi connectivity index (χ3n) is 2.13. The second-order valence-corrected chi connectivity index (χ2v) is 6.15. The molecule has 0 aliphatic carbocycles. The molecule has 0 radical (unpaired) electrons. The molecule has 3 nitrogen and oxygen atoms in total. The van der Waals surface area contributed by atoms with Crippen LogP contribution in [0, 0.1) is 6.92 Å². The second kappa shape index (κ2) is 4.11. The largest absolute Gasteiger partial charge is 0.456 e. The molecule has 0 unspecified atom stereocenters. The molecule has 0 fully saturated rings. The normalized spacial score (nSPS) is 11.8. The Morgan fingerprint density at radius 1 is 1.35 bits per heavy atom. The summed E-state index contributed by atoms with van der Waals surface area (Å²) in [6, 6.07) is 5.46. The Bertz CT molecular complexity index is 566. The molecule has 0 aliphatic heterocycles. The highest BCUT2D eigenvalue weighted by Gasteiger charge is 2.18. The van der Waals surface area contributed by atoms with Gasteiger partial charge in [0.1, 0.15) is 5.60 Å². The number of rotatable bonds is 1. The van der Waals surface area contributed by atoms with Gasteiger partial charge in [-0.3, -0.25) is 0 Å². The Labute approximate surface area is 104 Å². The summed E-state index contributed by atoms with van der Waals surface area (Å²) < 4.78 is 6.34.